The number of aryl methyl sites for hydroxylation is 1. The fourth-order valence-electron chi connectivity index (χ4n) is 4.30. The predicted octanol–water partition coefficient (Wildman–Crippen LogP) is 4.31. The van der Waals surface area contributed by atoms with E-state index in [2.05, 4.69) is 19.1 Å². The van der Waals surface area contributed by atoms with Crippen molar-refractivity contribution in [3.8, 4) is 0 Å². The van der Waals surface area contributed by atoms with Crippen molar-refractivity contribution >= 4 is 22.9 Å². The Bertz CT molecular complexity index is 1120. The third-order valence-electron chi connectivity index (χ3n) is 6.13. The molecule has 0 aliphatic carbocycles. The van der Waals surface area contributed by atoms with Gasteiger partial charge in [0.05, 0.1) is 12.8 Å². The van der Waals surface area contributed by atoms with Crippen LogP contribution >= 0.6 is 0 Å². The van der Waals surface area contributed by atoms with Gasteiger partial charge in [-0.3, -0.25) is 9.59 Å². The monoisotopic (exact) mass is 421 g/mol. The fraction of sp³-hybridized carbons (Fsp3) is 0.440. The van der Waals surface area contributed by atoms with Gasteiger partial charge in [-0.2, -0.15) is 0 Å². The van der Waals surface area contributed by atoms with Gasteiger partial charge in [0.2, 0.25) is 11.6 Å². The molecule has 0 radical (unpaired) electrons. The first kappa shape index (κ1) is 21.2. The Hall–Kier alpha value is -3.02. The van der Waals surface area contributed by atoms with Crippen LogP contribution < -0.4 is 0 Å². The first-order chi connectivity index (χ1) is 14.7. The SMILES string of the molecule is Cc1ccccc1Cn1c(C(=O)N2CCN(C(=O)C(C)(C)C)C(C)C2)cc2ccoc21. The Morgan fingerprint density at radius 1 is 1.13 bits per heavy atom. The smallest absolute Gasteiger partial charge is 0.270 e. The van der Waals surface area contributed by atoms with Crippen molar-refractivity contribution < 1.29 is 14.0 Å². The van der Waals surface area contributed by atoms with Crippen LogP contribution in [0.15, 0.2) is 47.1 Å². The second-order valence-electron chi connectivity index (χ2n) is 9.57. The van der Waals surface area contributed by atoms with E-state index in [1.54, 1.807) is 6.26 Å². The van der Waals surface area contributed by atoms with Crippen LogP contribution in [0, 0.1) is 12.3 Å². The summed E-state index contributed by atoms with van der Waals surface area (Å²) >= 11 is 0. The summed E-state index contributed by atoms with van der Waals surface area (Å²) in [7, 11) is 0. The number of benzene rings is 1. The van der Waals surface area contributed by atoms with Crippen LogP contribution in [0.4, 0.5) is 0 Å². The van der Waals surface area contributed by atoms with Crippen LogP contribution in [0.25, 0.3) is 11.1 Å². The Labute approximate surface area is 183 Å². The zero-order valence-corrected chi connectivity index (χ0v) is 19.0. The molecule has 1 aliphatic heterocycles. The predicted molar refractivity (Wildman–Crippen MR) is 121 cm³/mol. The molecular weight excluding hydrogens is 390 g/mol. The maximum Gasteiger partial charge on any atom is 0.270 e. The maximum absolute atomic E-state index is 13.5. The molecule has 3 aromatic rings. The lowest BCUT2D eigenvalue weighted by atomic mass is 9.93. The first-order valence-electron chi connectivity index (χ1n) is 10.9. The zero-order chi connectivity index (χ0) is 22.3. The van der Waals surface area contributed by atoms with Gasteiger partial charge in [0.1, 0.15) is 5.69 Å². The van der Waals surface area contributed by atoms with Crippen molar-refractivity contribution in [2.45, 2.75) is 47.2 Å². The van der Waals surface area contributed by atoms with Gasteiger partial charge in [0.15, 0.2) is 0 Å². The van der Waals surface area contributed by atoms with Gasteiger partial charge in [0, 0.05) is 36.5 Å². The van der Waals surface area contributed by atoms with Crippen LogP contribution in [0.5, 0.6) is 0 Å². The summed E-state index contributed by atoms with van der Waals surface area (Å²) in [5, 5.41) is 0.923. The summed E-state index contributed by atoms with van der Waals surface area (Å²) in [5.74, 6) is 0.113. The number of hydrogen-bond acceptors (Lipinski definition) is 3. The van der Waals surface area contributed by atoms with Crippen molar-refractivity contribution in [2.75, 3.05) is 19.6 Å². The maximum atomic E-state index is 13.5. The van der Waals surface area contributed by atoms with E-state index in [0.29, 0.717) is 37.6 Å². The number of piperazine rings is 1. The van der Waals surface area contributed by atoms with Crippen LogP contribution in [0.2, 0.25) is 0 Å². The third kappa shape index (κ3) is 3.99. The molecule has 2 aromatic heterocycles. The second-order valence-corrected chi connectivity index (χ2v) is 9.57. The molecular formula is C25H31N3O3. The summed E-state index contributed by atoms with van der Waals surface area (Å²) in [5.41, 5.74) is 3.24. The molecule has 1 saturated heterocycles. The van der Waals surface area contributed by atoms with E-state index in [9.17, 15) is 9.59 Å². The number of hydrogen-bond donors (Lipinski definition) is 0. The standard InChI is InChI=1S/C25H31N3O3/c1-17-8-6-7-9-20(17)16-28-21(14-19-10-13-31-23(19)28)22(29)26-11-12-27(18(2)15-26)24(30)25(3,4)5/h6-10,13-14,18H,11-12,15-16H2,1-5H3. The molecule has 0 saturated carbocycles. The molecule has 6 nitrogen and oxygen atoms in total. The minimum absolute atomic E-state index is 0.0188. The molecule has 0 N–H and O–H groups in total. The van der Waals surface area contributed by atoms with Crippen LogP contribution in [0.1, 0.15) is 49.3 Å². The number of carbonyl (C=O) groups is 2. The number of aromatic nitrogens is 1. The molecule has 6 heteroatoms. The fourth-order valence-corrected chi connectivity index (χ4v) is 4.30. The molecule has 1 aromatic carbocycles. The van der Waals surface area contributed by atoms with E-state index >= 15 is 0 Å². The van der Waals surface area contributed by atoms with Crippen LogP contribution in [-0.2, 0) is 11.3 Å². The van der Waals surface area contributed by atoms with Gasteiger partial charge in [-0.25, -0.2) is 0 Å². The van der Waals surface area contributed by atoms with Gasteiger partial charge in [-0.15, -0.1) is 0 Å². The van der Waals surface area contributed by atoms with E-state index in [0.717, 1.165) is 10.9 Å². The number of furan rings is 1. The highest BCUT2D eigenvalue weighted by Gasteiger charge is 2.35. The van der Waals surface area contributed by atoms with Crippen molar-refractivity contribution in [3.63, 3.8) is 0 Å². The molecule has 3 heterocycles. The summed E-state index contributed by atoms with van der Waals surface area (Å²) in [4.78, 5) is 30.1. The number of rotatable bonds is 3. The van der Waals surface area contributed by atoms with Crippen molar-refractivity contribution in [1.29, 1.82) is 0 Å². The van der Waals surface area contributed by atoms with Crippen molar-refractivity contribution in [3.05, 3.63) is 59.5 Å². The molecule has 0 spiro atoms. The third-order valence-corrected chi connectivity index (χ3v) is 6.13. The topological polar surface area (TPSA) is 58.7 Å². The van der Waals surface area contributed by atoms with Crippen molar-refractivity contribution in [2.24, 2.45) is 5.41 Å². The minimum atomic E-state index is -0.423. The average Bonchev–Trinajstić information content (AvgIpc) is 3.30. The summed E-state index contributed by atoms with van der Waals surface area (Å²) < 4.78 is 7.70. The normalized spacial score (nSPS) is 17.4. The highest BCUT2D eigenvalue weighted by Crippen LogP contribution is 2.26. The van der Waals surface area contributed by atoms with Crippen LogP contribution in [-0.4, -0.2) is 51.9 Å². The summed E-state index contributed by atoms with van der Waals surface area (Å²) in [6, 6.07) is 12.0. The largest absolute Gasteiger partial charge is 0.448 e. The lowest BCUT2D eigenvalue weighted by molar-refractivity contribution is -0.143. The molecule has 1 atom stereocenters. The first-order valence-corrected chi connectivity index (χ1v) is 10.9. The lowest BCUT2D eigenvalue weighted by Gasteiger charge is -2.42. The van der Waals surface area contributed by atoms with Gasteiger partial charge in [-0.1, -0.05) is 45.0 Å². The molecule has 164 valence electrons. The molecule has 31 heavy (non-hydrogen) atoms. The van der Waals surface area contributed by atoms with Crippen molar-refractivity contribution in [1.82, 2.24) is 14.4 Å². The van der Waals surface area contributed by atoms with E-state index < -0.39 is 5.41 Å². The number of nitrogens with zero attached hydrogens (tertiary/aromatic N) is 3. The van der Waals surface area contributed by atoms with E-state index in [1.807, 2.05) is 66.3 Å². The van der Waals surface area contributed by atoms with Gasteiger partial charge >= 0.3 is 0 Å². The number of carbonyl (C=O) groups excluding carboxylic acids is 2. The average molecular weight is 422 g/mol. The van der Waals surface area contributed by atoms with Crippen LogP contribution in [0.3, 0.4) is 0 Å². The Kier molecular flexibility index (Phi) is 5.42. The second kappa shape index (κ2) is 7.91. The molecule has 0 bridgehead atoms. The van der Waals surface area contributed by atoms with Gasteiger partial charge in [-0.05, 0) is 37.1 Å². The molecule has 1 unspecified atom stereocenters. The molecule has 1 aliphatic rings. The number of fused-ring (bicyclic) bond motifs is 1. The molecule has 4 rings (SSSR count). The molecule has 1 fully saturated rings. The highest BCUT2D eigenvalue weighted by atomic mass is 16.3. The van der Waals surface area contributed by atoms with Gasteiger partial charge in [0.25, 0.3) is 5.91 Å². The zero-order valence-electron chi connectivity index (χ0n) is 19.0. The summed E-state index contributed by atoms with van der Waals surface area (Å²) in [6.45, 7) is 12.1. The quantitative estimate of drug-likeness (QED) is 0.633. The Morgan fingerprint density at radius 2 is 1.87 bits per heavy atom. The van der Waals surface area contributed by atoms with Gasteiger partial charge < -0.3 is 18.8 Å². The minimum Gasteiger partial charge on any atom is -0.448 e. The molecule has 2 amide bonds. The Morgan fingerprint density at radius 3 is 2.55 bits per heavy atom. The van der Waals surface area contributed by atoms with E-state index in [-0.39, 0.29) is 17.9 Å². The Balaban J connectivity index is 1.60. The van der Waals surface area contributed by atoms with E-state index in [1.165, 1.54) is 5.56 Å². The highest BCUT2D eigenvalue weighted by molar-refractivity contribution is 5.98. The number of amides is 2. The lowest BCUT2D eigenvalue weighted by Crippen LogP contribution is -2.57. The summed E-state index contributed by atoms with van der Waals surface area (Å²) in [6.07, 6.45) is 1.66. The van der Waals surface area contributed by atoms with E-state index in [4.69, 9.17) is 4.42 Å².